The summed E-state index contributed by atoms with van der Waals surface area (Å²) >= 11 is 0. The molecule has 0 bridgehead atoms. The summed E-state index contributed by atoms with van der Waals surface area (Å²) in [6.07, 6.45) is 10.6. The molecule has 64 valence electrons. The highest BCUT2D eigenvalue weighted by atomic mass is 14.5. The Balaban J connectivity index is 0. The molecule has 0 aliphatic heterocycles. The van der Waals surface area contributed by atoms with Crippen LogP contribution in [-0.2, 0) is 0 Å². The third-order valence-corrected chi connectivity index (χ3v) is 0.898. The minimum absolute atomic E-state index is 0.768. The maximum Gasteiger partial charge on any atom is -0.00426 e. The number of hydrogen-bond donors (Lipinski definition) is 1. The molecule has 0 radical (unpaired) electrons. The van der Waals surface area contributed by atoms with Crippen molar-refractivity contribution in [2.45, 2.75) is 20.3 Å². The first-order chi connectivity index (χ1) is 5.33. The summed E-state index contributed by atoms with van der Waals surface area (Å²) in [5.41, 5.74) is 5.16. The first-order valence-electron chi connectivity index (χ1n) is 3.88. The van der Waals surface area contributed by atoms with Crippen LogP contribution in [-0.4, -0.2) is 6.54 Å². The molecule has 0 atom stereocenters. The Bertz CT molecular complexity index is 112. The van der Waals surface area contributed by atoms with Gasteiger partial charge in [-0.3, -0.25) is 0 Å². The first kappa shape index (κ1) is 12.8. The van der Waals surface area contributed by atoms with Gasteiger partial charge in [-0.2, -0.15) is 0 Å². The summed E-state index contributed by atoms with van der Waals surface area (Å²) < 4.78 is 0. The zero-order valence-corrected chi connectivity index (χ0v) is 7.59. The van der Waals surface area contributed by atoms with E-state index in [0.717, 1.165) is 13.0 Å². The molecule has 0 fully saturated rings. The normalized spacial score (nSPS) is 9.73. The standard InChI is InChI=1S/C5H11N.C5H8/c1-2-3-4-5-6;1-3-5-4-2/h2-3H,4-6H2,1H3;3-5H,1H2,2H3/b3-2-;5-4-. The fourth-order valence-corrected chi connectivity index (χ4v) is 0.399. The molecular formula is C10H19N. The van der Waals surface area contributed by atoms with Crippen LogP contribution < -0.4 is 5.73 Å². The van der Waals surface area contributed by atoms with Crippen LogP contribution in [0.5, 0.6) is 0 Å². The summed E-state index contributed by atoms with van der Waals surface area (Å²) in [5.74, 6) is 0. The maximum absolute atomic E-state index is 5.16. The first-order valence-corrected chi connectivity index (χ1v) is 3.88. The molecule has 2 N–H and O–H groups in total. The zero-order valence-electron chi connectivity index (χ0n) is 7.59. The molecule has 11 heavy (non-hydrogen) atoms. The Morgan fingerprint density at radius 3 is 2.00 bits per heavy atom. The summed E-state index contributed by atoms with van der Waals surface area (Å²) in [5, 5.41) is 0. The molecule has 0 aromatic heterocycles. The number of hydrogen-bond acceptors (Lipinski definition) is 1. The summed E-state index contributed by atoms with van der Waals surface area (Å²) in [6.45, 7) is 8.19. The average Bonchev–Trinajstić information content (AvgIpc) is 2.04. The van der Waals surface area contributed by atoms with E-state index in [-0.39, 0.29) is 0 Å². The third-order valence-electron chi connectivity index (χ3n) is 0.898. The van der Waals surface area contributed by atoms with Crippen LogP contribution in [0.4, 0.5) is 0 Å². The van der Waals surface area contributed by atoms with E-state index < -0.39 is 0 Å². The molecule has 0 aromatic carbocycles. The van der Waals surface area contributed by atoms with Crippen molar-refractivity contribution in [2.75, 3.05) is 6.54 Å². The van der Waals surface area contributed by atoms with Crippen molar-refractivity contribution in [1.82, 2.24) is 0 Å². The van der Waals surface area contributed by atoms with E-state index in [9.17, 15) is 0 Å². The number of nitrogens with two attached hydrogens (primary N) is 1. The number of rotatable bonds is 3. The van der Waals surface area contributed by atoms with Crippen LogP contribution in [0.2, 0.25) is 0 Å². The van der Waals surface area contributed by atoms with Crippen molar-refractivity contribution in [2.24, 2.45) is 5.73 Å². The lowest BCUT2D eigenvalue weighted by Gasteiger charge is -1.77. The van der Waals surface area contributed by atoms with Gasteiger partial charge in [0.25, 0.3) is 0 Å². The highest BCUT2D eigenvalue weighted by molar-refractivity contribution is 4.94. The van der Waals surface area contributed by atoms with Crippen LogP contribution in [0.15, 0.2) is 37.0 Å². The van der Waals surface area contributed by atoms with Crippen molar-refractivity contribution in [3.63, 3.8) is 0 Å². The minimum atomic E-state index is 0.768. The van der Waals surface area contributed by atoms with E-state index in [0.29, 0.717) is 0 Å². The second-order valence-electron chi connectivity index (χ2n) is 1.91. The van der Waals surface area contributed by atoms with E-state index in [2.05, 4.69) is 12.7 Å². The second kappa shape index (κ2) is 16.1. The van der Waals surface area contributed by atoms with Crippen molar-refractivity contribution in [3.05, 3.63) is 37.0 Å². The Kier molecular flexibility index (Phi) is 18.7. The molecular weight excluding hydrogens is 134 g/mol. The van der Waals surface area contributed by atoms with Gasteiger partial charge in [-0.05, 0) is 26.8 Å². The molecule has 0 aliphatic carbocycles. The number of allylic oxidation sites excluding steroid dienone is 4. The van der Waals surface area contributed by atoms with E-state index in [1.807, 2.05) is 32.1 Å². The van der Waals surface area contributed by atoms with Gasteiger partial charge in [-0.15, -0.1) is 0 Å². The molecule has 0 unspecified atom stereocenters. The monoisotopic (exact) mass is 153 g/mol. The lowest BCUT2D eigenvalue weighted by molar-refractivity contribution is 1.01. The lowest BCUT2D eigenvalue weighted by Crippen LogP contribution is -1.94. The van der Waals surface area contributed by atoms with Gasteiger partial charge in [0, 0.05) is 0 Å². The van der Waals surface area contributed by atoms with Gasteiger partial charge in [0.1, 0.15) is 0 Å². The maximum atomic E-state index is 5.16. The van der Waals surface area contributed by atoms with Crippen molar-refractivity contribution < 1.29 is 0 Å². The molecule has 1 heteroatoms. The van der Waals surface area contributed by atoms with E-state index in [1.54, 1.807) is 6.08 Å². The highest BCUT2D eigenvalue weighted by Crippen LogP contribution is 1.74. The van der Waals surface area contributed by atoms with Crippen LogP contribution in [0.25, 0.3) is 0 Å². The molecule has 0 rings (SSSR count). The predicted octanol–water partition coefficient (Wildman–Crippen LogP) is 2.66. The molecule has 0 aromatic rings. The summed E-state index contributed by atoms with van der Waals surface area (Å²) in [6, 6.07) is 0. The van der Waals surface area contributed by atoms with Gasteiger partial charge >= 0.3 is 0 Å². The average molecular weight is 153 g/mol. The van der Waals surface area contributed by atoms with Gasteiger partial charge in [-0.25, -0.2) is 0 Å². The largest absolute Gasteiger partial charge is 0.330 e. The summed E-state index contributed by atoms with van der Waals surface area (Å²) in [4.78, 5) is 0. The molecule has 1 nitrogen and oxygen atoms in total. The Hall–Kier alpha value is -0.820. The topological polar surface area (TPSA) is 26.0 Å². The molecule has 0 heterocycles. The van der Waals surface area contributed by atoms with Gasteiger partial charge in [-0.1, -0.05) is 37.0 Å². The third kappa shape index (κ3) is 27.1. The Morgan fingerprint density at radius 1 is 1.27 bits per heavy atom. The molecule has 0 aliphatic rings. The zero-order chi connectivity index (χ0) is 8.95. The van der Waals surface area contributed by atoms with Gasteiger partial charge < -0.3 is 5.73 Å². The van der Waals surface area contributed by atoms with E-state index in [1.165, 1.54) is 0 Å². The molecule has 0 spiro atoms. The summed E-state index contributed by atoms with van der Waals surface area (Å²) in [7, 11) is 0. The van der Waals surface area contributed by atoms with E-state index in [4.69, 9.17) is 5.73 Å². The van der Waals surface area contributed by atoms with Gasteiger partial charge in [0.2, 0.25) is 0 Å². The quantitative estimate of drug-likeness (QED) is 0.489. The van der Waals surface area contributed by atoms with Crippen molar-refractivity contribution in [3.8, 4) is 0 Å². The van der Waals surface area contributed by atoms with Crippen molar-refractivity contribution in [1.29, 1.82) is 0 Å². The van der Waals surface area contributed by atoms with E-state index >= 15 is 0 Å². The Labute approximate surface area is 70.3 Å². The SMILES string of the molecule is C/C=C\CCN.C=C/C=C\C. The minimum Gasteiger partial charge on any atom is -0.330 e. The smallest absolute Gasteiger partial charge is 0.00426 e. The predicted molar refractivity (Wildman–Crippen MR) is 53.5 cm³/mol. The van der Waals surface area contributed by atoms with Crippen LogP contribution in [0, 0.1) is 0 Å². The molecule has 0 saturated heterocycles. The highest BCUT2D eigenvalue weighted by Gasteiger charge is 1.64. The van der Waals surface area contributed by atoms with Crippen LogP contribution >= 0.6 is 0 Å². The van der Waals surface area contributed by atoms with Crippen LogP contribution in [0.1, 0.15) is 20.3 Å². The van der Waals surface area contributed by atoms with Gasteiger partial charge in [0.05, 0.1) is 0 Å². The fraction of sp³-hybridized carbons (Fsp3) is 0.400. The van der Waals surface area contributed by atoms with Crippen LogP contribution in [0.3, 0.4) is 0 Å². The molecule has 0 saturated carbocycles. The lowest BCUT2D eigenvalue weighted by atomic mass is 10.4. The molecule has 0 amide bonds. The Morgan fingerprint density at radius 2 is 1.91 bits per heavy atom. The van der Waals surface area contributed by atoms with Gasteiger partial charge in [0.15, 0.2) is 0 Å². The second-order valence-corrected chi connectivity index (χ2v) is 1.91. The fourth-order valence-electron chi connectivity index (χ4n) is 0.399. The van der Waals surface area contributed by atoms with Crippen molar-refractivity contribution >= 4 is 0 Å².